The summed E-state index contributed by atoms with van der Waals surface area (Å²) in [5.41, 5.74) is 1.06. The minimum absolute atomic E-state index is 0.0227. The van der Waals surface area contributed by atoms with Crippen LogP contribution in [0.1, 0.15) is 43.1 Å². The quantitative estimate of drug-likeness (QED) is 0.874. The molecule has 1 rings (SSSR count). The maximum absolute atomic E-state index is 12.5. The molecule has 1 atom stereocenters. The Balaban J connectivity index is 3.14. The minimum atomic E-state index is -3.81. The van der Waals surface area contributed by atoms with Gasteiger partial charge in [0.2, 0.25) is 10.0 Å². The lowest BCUT2D eigenvalue weighted by molar-refractivity contribution is 0.0740. The smallest absolute Gasteiger partial charge is 0.253 e. The first-order valence-corrected chi connectivity index (χ1v) is 8.67. The predicted molar refractivity (Wildman–Crippen MR) is 83.6 cm³/mol. The van der Waals surface area contributed by atoms with Crippen LogP contribution < -0.4 is 5.14 Å². The number of nitrogens with two attached hydrogens (primary N) is 1. The summed E-state index contributed by atoms with van der Waals surface area (Å²) >= 11 is 0. The highest BCUT2D eigenvalue weighted by Gasteiger charge is 2.19. The van der Waals surface area contributed by atoms with Gasteiger partial charge in [-0.1, -0.05) is 20.3 Å². The number of sulfonamides is 1. The molecule has 0 bridgehead atoms. The van der Waals surface area contributed by atoms with Gasteiger partial charge in [0.25, 0.3) is 5.91 Å². The van der Waals surface area contributed by atoms with E-state index in [9.17, 15) is 13.2 Å². The predicted octanol–water partition coefficient (Wildman–Crippen LogP) is 2.15. The third kappa shape index (κ3) is 4.82. The van der Waals surface area contributed by atoms with Crippen LogP contribution in [0.5, 0.6) is 0 Å². The zero-order valence-electron chi connectivity index (χ0n) is 13.1. The van der Waals surface area contributed by atoms with Crippen molar-refractivity contribution in [3.8, 4) is 0 Å². The third-order valence-electron chi connectivity index (χ3n) is 3.52. The van der Waals surface area contributed by atoms with E-state index in [1.807, 2.05) is 6.92 Å². The Morgan fingerprint density at radius 2 is 1.90 bits per heavy atom. The fourth-order valence-electron chi connectivity index (χ4n) is 2.08. The van der Waals surface area contributed by atoms with Gasteiger partial charge in [-0.05, 0) is 43.5 Å². The molecule has 1 aromatic rings. The van der Waals surface area contributed by atoms with E-state index in [1.165, 1.54) is 12.1 Å². The van der Waals surface area contributed by atoms with Gasteiger partial charge in [-0.15, -0.1) is 0 Å². The molecule has 1 amide bonds. The van der Waals surface area contributed by atoms with E-state index in [1.54, 1.807) is 17.9 Å². The molecule has 0 aliphatic heterocycles. The molecule has 0 aliphatic carbocycles. The molecule has 1 unspecified atom stereocenters. The molecule has 6 heteroatoms. The van der Waals surface area contributed by atoms with Crippen LogP contribution in [0.15, 0.2) is 23.1 Å². The summed E-state index contributed by atoms with van der Waals surface area (Å²) in [6, 6.07) is 4.51. The van der Waals surface area contributed by atoms with Crippen molar-refractivity contribution in [2.45, 2.75) is 39.0 Å². The number of rotatable bonds is 6. The summed E-state index contributed by atoms with van der Waals surface area (Å²) in [5.74, 6) is 0.239. The lowest BCUT2D eigenvalue weighted by Gasteiger charge is -2.24. The first kappa shape index (κ1) is 17.7. The molecular formula is C15H24N2O3S. The Bertz CT molecular complexity index is 611. The molecule has 0 saturated heterocycles. The van der Waals surface area contributed by atoms with Crippen molar-refractivity contribution in [2.75, 3.05) is 13.1 Å². The minimum Gasteiger partial charge on any atom is -0.339 e. The number of aryl methyl sites for hydroxylation is 1. The molecule has 5 nitrogen and oxygen atoms in total. The summed E-state index contributed by atoms with van der Waals surface area (Å²) in [7, 11) is -3.81. The average molecular weight is 312 g/mol. The molecule has 0 aromatic heterocycles. The first-order chi connectivity index (χ1) is 9.68. The number of hydrogen-bond donors (Lipinski definition) is 1. The van der Waals surface area contributed by atoms with Crippen LogP contribution >= 0.6 is 0 Å². The molecule has 0 spiro atoms. The molecule has 1 aromatic carbocycles. The van der Waals surface area contributed by atoms with E-state index in [0.29, 0.717) is 30.1 Å². The zero-order chi connectivity index (χ0) is 16.2. The number of benzene rings is 1. The number of hydrogen-bond acceptors (Lipinski definition) is 3. The summed E-state index contributed by atoms with van der Waals surface area (Å²) in [5, 5.41) is 5.15. The van der Waals surface area contributed by atoms with Crippen molar-refractivity contribution in [3.05, 3.63) is 29.3 Å². The summed E-state index contributed by atoms with van der Waals surface area (Å²) in [4.78, 5) is 14.3. The van der Waals surface area contributed by atoms with Gasteiger partial charge < -0.3 is 4.90 Å². The highest BCUT2D eigenvalue weighted by molar-refractivity contribution is 7.89. The number of carbonyl (C=O) groups excluding carboxylic acids is 1. The van der Waals surface area contributed by atoms with Gasteiger partial charge in [-0.25, -0.2) is 13.6 Å². The second-order valence-corrected chi connectivity index (χ2v) is 7.00. The summed E-state index contributed by atoms with van der Waals surface area (Å²) in [6.45, 7) is 9.07. The lowest BCUT2D eigenvalue weighted by Crippen LogP contribution is -2.34. The van der Waals surface area contributed by atoms with Gasteiger partial charge in [0.05, 0.1) is 4.90 Å². The molecule has 0 radical (unpaired) electrons. The van der Waals surface area contributed by atoms with Crippen molar-refractivity contribution in [3.63, 3.8) is 0 Å². The lowest BCUT2D eigenvalue weighted by atomic mass is 10.1. The number of primary sulfonamides is 1. The zero-order valence-corrected chi connectivity index (χ0v) is 13.9. The van der Waals surface area contributed by atoms with Crippen LogP contribution in [-0.2, 0) is 10.0 Å². The molecule has 0 saturated carbocycles. The second-order valence-electron chi connectivity index (χ2n) is 5.44. The number of nitrogens with zero attached hydrogens (tertiary/aromatic N) is 1. The Kier molecular flexibility index (Phi) is 5.92. The Labute approximate surface area is 127 Å². The highest BCUT2D eigenvalue weighted by atomic mass is 32.2. The third-order valence-corrected chi connectivity index (χ3v) is 4.42. The van der Waals surface area contributed by atoms with Crippen molar-refractivity contribution in [2.24, 2.45) is 11.1 Å². The highest BCUT2D eigenvalue weighted by Crippen LogP contribution is 2.16. The maximum Gasteiger partial charge on any atom is 0.253 e. The van der Waals surface area contributed by atoms with E-state index < -0.39 is 10.0 Å². The fourth-order valence-corrected chi connectivity index (χ4v) is 2.72. The van der Waals surface area contributed by atoms with Crippen LogP contribution in [0.4, 0.5) is 0 Å². The van der Waals surface area contributed by atoms with E-state index in [4.69, 9.17) is 5.14 Å². The van der Waals surface area contributed by atoms with Crippen LogP contribution in [-0.4, -0.2) is 32.3 Å². The fraction of sp³-hybridized carbons (Fsp3) is 0.533. The van der Waals surface area contributed by atoms with Crippen LogP contribution in [0.3, 0.4) is 0 Å². The average Bonchev–Trinajstić information content (AvgIpc) is 2.42. The topological polar surface area (TPSA) is 80.5 Å². The van der Waals surface area contributed by atoms with Gasteiger partial charge >= 0.3 is 0 Å². The van der Waals surface area contributed by atoms with Gasteiger partial charge in [0.15, 0.2) is 0 Å². The normalized spacial score (nSPS) is 13.0. The van der Waals surface area contributed by atoms with E-state index in [2.05, 4.69) is 13.8 Å². The number of amides is 1. The van der Waals surface area contributed by atoms with Gasteiger partial charge in [0, 0.05) is 18.7 Å². The SMILES string of the molecule is CCC(C)CN(CC)C(=O)c1cc(C)cc(S(N)(=O)=O)c1. The largest absolute Gasteiger partial charge is 0.339 e. The van der Waals surface area contributed by atoms with Crippen molar-refractivity contribution < 1.29 is 13.2 Å². The number of carbonyl (C=O) groups is 1. The molecular weight excluding hydrogens is 288 g/mol. The summed E-state index contributed by atoms with van der Waals surface area (Å²) < 4.78 is 23.0. The van der Waals surface area contributed by atoms with Crippen LogP contribution in [0, 0.1) is 12.8 Å². The molecule has 118 valence electrons. The second kappa shape index (κ2) is 7.04. The van der Waals surface area contributed by atoms with E-state index >= 15 is 0 Å². The van der Waals surface area contributed by atoms with E-state index in [-0.39, 0.29) is 10.8 Å². The first-order valence-electron chi connectivity index (χ1n) is 7.12. The Morgan fingerprint density at radius 3 is 2.38 bits per heavy atom. The molecule has 2 N–H and O–H groups in total. The monoisotopic (exact) mass is 312 g/mol. The van der Waals surface area contributed by atoms with Gasteiger partial charge in [0.1, 0.15) is 0 Å². The maximum atomic E-state index is 12.5. The van der Waals surface area contributed by atoms with Crippen LogP contribution in [0.25, 0.3) is 0 Å². The van der Waals surface area contributed by atoms with Crippen molar-refractivity contribution >= 4 is 15.9 Å². The van der Waals surface area contributed by atoms with Gasteiger partial charge in [-0.2, -0.15) is 0 Å². The molecule has 0 aliphatic rings. The van der Waals surface area contributed by atoms with Crippen molar-refractivity contribution in [1.29, 1.82) is 0 Å². The Morgan fingerprint density at radius 1 is 1.29 bits per heavy atom. The van der Waals surface area contributed by atoms with Gasteiger partial charge in [-0.3, -0.25) is 4.79 Å². The van der Waals surface area contributed by atoms with Crippen LogP contribution in [0.2, 0.25) is 0 Å². The summed E-state index contributed by atoms with van der Waals surface area (Å²) in [6.07, 6.45) is 0.986. The van der Waals surface area contributed by atoms with Crippen molar-refractivity contribution in [1.82, 2.24) is 4.90 Å². The molecule has 0 heterocycles. The standard InChI is InChI=1S/C15H24N2O3S/c1-5-11(3)10-17(6-2)15(18)13-7-12(4)8-14(9-13)21(16,19)20/h7-9,11H,5-6,10H2,1-4H3,(H2,16,19,20). The van der Waals surface area contributed by atoms with E-state index in [0.717, 1.165) is 6.42 Å². The molecule has 0 fully saturated rings. The Hall–Kier alpha value is -1.40. The molecule has 21 heavy (non-hydrogen) atoms.